The number of carbonyl (C=O) groups excluding carboxylic acids is 3. The van der Waals surface area contributed by atoms with Crippen molar-refractivity contribution in [1.82, 2.24) is 0 Å². The summed E-state index contributed by atoms with van der Waals surface area (Å²) in [5, 5.41) is 11.7. The zero-order valence-electron chi connectivity index (χ0n) is 42.4. The Hall–Kier alpha value is -2.71. The number of ether oxygens (including phenoxy) is 3. The van der Waals surface area contributed by atoms with Crippen LogP contribution in [0.25, 0.3) is 0 Å². The zero-order valence-corrected chi connectivity index (χ0v) is 42.4. The van der Waals surface area contributed by atoms with Crippen molar-refractivity contribution in [3.63, 3.8) is 0 Å². The molecule has 0 heterocycles. The summed E-state index contributed by atoms with van der Waals surface area (Å²) in [6, 6.07) is -0.729. The number of aliphatic carboxylic acids is 1. The van der Waals surface area contributed by atoms with Gasteiger partial charge in [-0.3, -0.25) is 9.59 Å². The summed E-state index contributed by atoms with van der Waals surface area (Å²) in [4.78, 5) is 37.1. The maximum Gasteiger partial charge on any atom is 0.306 e. The third kappa shape index (κ3) is 44.5. The van der Waals surface area contributed by atoms with Crippen LogP contribution in [0.3, 0.4) is 0 Å². The summed E-state index contributed by atoms with van der Waals surface area (Å²) in [6.07, 6.45) is 57.1. The van der Waals surface area contributed by atoms with Gasteiger partial charge in [0.05, 0.1) is 40.3 Å². The maximum atomic E-state index is 12.8. The van der Waals surface area contributed by atoms with E-state index in [0.29, 0.717) is 12.8 Å². The molecule has 0 saturated heterocycles. The number of unbranched alkanes of at least 4 members (excludes halogenated alkanes) is 26. The van der Waals surface area contributed by atoms with Crippen LogP contribution in [0, 0.1) is 0 Å². The molecule has 2 atom stereocenters. The largest absolute Gasteiger partial charge is 0.544 e. The van der Waals surface area contributed by atoms with Crippen molar-refractivity contribution >= 4 is 17.9 Å². The van der Waals surface area contributed by atoms with Gasteiger partial charge in [-0.25, -0.2) is 0 Å². The molecule has 8 heteroatoms. The van der Waals surface area contributed by atoms with Gasteiger partial charge < -0.3 is 28.6 Å². The SMILES string of the molecule is CCCCC/C=C/C/C=C/C/C=C/CCCCCCCCCCCC(=O)OC(COCCC(C(=O)[O-])[N+](C)(C)C)COC(=O)CCCCCCC/C=C/CCCCCCCCCCC. The predicted molar refractivity (Wildman–Crippen MR) is 268 cm³/mol. The van der Waals surface area contributed by atoms with Crippen LogP contribution in [0.5, 0.6) is 0 Å². The molecule has 8 nitrogen and oxygen atoms in total. The molecule has 0 saturated carbocycles. The van der Waals surface area contributed by atoms with E-state index in [1.54, 1.807) is 21.1 Å². The fourth-order valence-corrected chi connectivity index (χ4v) is 7.78. The van der Waals surface area contributed by atoms with E-state index < -0.39 is 18.1 Å². The summed E-state index contributed by atoms with van der Waals surface area (Å²) in [5.74, 6) is -1.74. The minimum absolute atomic E-state index is 0.0363. The molecule has 0 rings (SSSR count). The molecule has 2 unspecified atom stereocenters. The summed E-state index contributed by atoms with van der Waals surface area (Å²) >= 11 is 0. The van der Waals surface area contributed by atoms with Crippen LogP contribution >= 0.6 is 0 Å². The van der Waals surface area contributed by atoms with E-state index in [0.717, 1.165) is 70.6 Å². The Morgan fingerprint density at radius 2 is 0.828 bits per heavy atom. The molecule has 372 valence electrons. The quantitative estimate of drug-likeness (QED) is 0.0259. The standard InChI is InChI=1S/C56H101NO7/c1-6-8-10-12-14-16-18-20-22-24-26-27-28-29-31-33-35-37-39-41-43-45-47-55(59)64-52(50-62-49-48-53(56(60)61)57(3,4)5)51-63-54(58)46-44-42-40-38-36-34-32-30-25-23-21-19-17-15-13-11-9-7-2/h14,16,20,22,26-27,30,32,52-53H,6-13,15,17-19,21,23-25,28-29,31,33-51H2,1-5H3/b16-14+,22-20+,27-26+,32-30+. The number of rotatable bonds is 48. The molecule has 0 aliphatic heterocycles. The average molecular weight is 900 g/mol. The van der Waals surface area contributed by atoms with Gasteiger partial charge >= 0.3 is 11.9 Å². The molecular weight excluding hydrogens is 799 g/mol. The third-order valence-corrected chi connectivity index (χ3v) is 11.9. The predicted octanol–water partition coefficient (Wildman–Crippen LogP) is 14.2. The lowest BCUT2D eigenvalue weighted by Gasteiger charge is -2.34. The summed E-state index contributed by atoms with van der Waals surface area (Å²) in [5.41, 5.74) is 0. The number of carboxylic acid groups (broad SMARTS) is 1. The van der Waals surface area contributed by atoms with Crippen LogP contribution < -0.4 is 5.11 Å². The first-order valence-electron chi connectivity index (χ1n) is 26.7. The Balaban J connectivity index is 4.24. The van der Waals surface area contributed by atoms with Crippen LogP contribution in [-0.2, 0) is 28.6 Å². The van der Waals surface area contributed by atoms with Crippen LogP contribution in [0.2, 0.25) is 0 Å². The number of carboxylic acids is 1. The Kier molecular flexibility index (Phi) is 44.8. The van der Waals surface area contributed by atoms with E-state index in [-0.39, 0.29) is 42.7 Å². The van der Waals surface area contributed by atoms with Crippen molar-refractivity contribution < 1.29 is 38.2 Å². The van der Waals surface area contributed by atoms with Crippen LogP contribution in [0.1, 0.15) is 239 Å². The number of hydrogen-bond donors (Lipinski definition) is 0. The Morgan fingerprint density at radius 3 is 1.27 bits per heavy atom. The number of likely N-dealkylation sites (N-methyl/N-ethyl adjacent to an activating group) is 1. The lowest BCUT2D eigenvalue weighted by molar-refractivity contribution is -0.889. The fraction of sp³-hybridized carbons (Fsp3) is 0.804. The van der Waals surface area contributed by atoms with Gasteiger partial charge in [-0.05, 0) is 77.0 Å². The molecule has 0 aliphatic carbocycles. The second kappa shape index (κ2) is 46.8. The molecule has 0 spiro atoms. The second-order valence-corrected chi connectivity index (χ2v) is 19.1. The van der Waals surface area contributed by atoms with Gasteiger partial charge in [-0.15, -0.1) is 0 Å². The van der Waals surface area contributed by atoms with E-state index in [4.69, 9.17) is 14.2 Å². The highest BCUT2D eigenvalue weighted by Crippen LogP contribution is 2.15. The lowest BCUT2D eigenvalue weighted by Crippen LogP contribution is -2.55. The fourth-order valence-electron chi connectivity index (χ4n) is 7.78. The van der Waals surface area contributed by atoms with Crippen LogP contribution in [0.15, 0.2) is 48.6 Å². The third-order valence-electron chi connectivity index (χ3n) is 11.9. The Labute approximate surface area is 395 Å². The lowest BCUT2D eigenvalue weighted by atomic mass is 10.1. The van der Waals surface area contributed by atoms with Crippen LogP contribution in [-0.4, -0.2) is 75.5 Å². The van der Waals surface area contributed by atoms with Crippen molar-refractivity contribution in [2.45, 2.75) is 251 Å². The molecule has 0 aromatic carbocycles. The number of allylic oxidation sites excluding steroid dienone is 8. The number of hydrogen-bond acceptors (Lipinski definition) is 7. The summed E-state index contributed by atoms with van der Waals surface area (Å²) in [6.45, 7) is 4.65. The van der Waals surface area contributed by atoms with E-state index in [1.165, 1.54) is 135 Å². The van der Waals surface area contributed by atoms with Crippen molar-refractivity contribution in [2.24, 2.45) is 0 Å². The number of quaternary nitrogens is 1. The van der Waals surface area contributed by atoms with E-state index >= 15 is 0 Å². The van der Waals surface area contributed by atoms with Gasteiger partial charge in [0, 0.05) is 19.3 Å². The monoisotopic (exact) mass is 900 g/mol. The number of esters is 2. The maximum absolute atomic E-state index is 12.8. The zero-order chi connectivity index (χ0) is 47.0. The molecular formula is C56H101NO7. The second-order valence-electron chi connectivity index (χ2n) is 19.1. The van der Waals surface area contributed by atoms with Crippen molar-refractivity contribution in [2.75, 3.05) is 41.0 Å². The molecule has 64 heavy (non-hydrogen) atoms. The molecule has 0 fully saturated rings. The highest BCUT2D eigenvalue weighted by atomic mass is 16.6. The summed E-state index contributed by atoms with van der Waals surface area (Å²) in [7, 11) is 5.42. The van der Waals surface area contributed by atoms with Crippen molar-refractivity contribution in [1.29, 1.82) is 0 Å². The number of nitrogens with zero attached hydrogens (tertiary/aromatic N) is 1. The van der Waals surface area contributed by atoms with Crippen LogP contribution in [0.4, 0.5) is 0 Å². The molecule has 0 aromatic heterocycles. The minimum atomic E-state index is -1.13. The summed E-state index contributed by atoms with van der Waals surface area (Å²) < 4.78 is 17.3. The minimum Gasteiger partial charge on any atom is -0.544 e. The Bertz CT molecular complexity index is 1190. The van der Waals surface area contributed by atoms with Crippen molar-refractivity contribution in [3.05, 3.63) is 48.6 Å². The first-order valence-corrected chi connectivity index (χ1v) is 26.7. The molecule has 0 bridgehead atoms. The Morgan fingerprint density at radius 1 is 0.469 bits per heavy atom. The normalized spacial score (nSPS) is 13.2. The first-order chi connectivity index (χ1) is 31.1. The molecule has 0 amide bonds. The molecule has 0 aromatic rings. The van der Waals surface area contributed by atoms with Gasteiger partial charge in [0.25, 0.3) is 0 Å². The van der Waals surface area contributed by atoms with Gasteiger partial charge in [-0.1, -0.05) is 191 Å². The average Bonchev–Trinajstić information content (AvgIpc) is 3.26. The highest BCUT2D eigenvalue weighted by Gasteiger charge is 2.25. The van der Waals surface area contributed by atoms with Gasteiger partial charge in [0.15, 0.2) is 6.10 Å². The van der Waals surface area contributed by atoms with Gasteiger partial charge in [-0.2, -0.15) is 0 Å². The molecule has 0 radical (unpaired) electrons. The van der Waals surface area contributed by atoms with Gasteiger partial charge in [0.1, 0.15) is 12.6 Å². The van der Waals surface area contributed by atoms with E-state index in [2.05, 4.69) is 62.5 Å². The van der Waals surface area contributed by atoms with Gasteiger partial charge in [0.2, 0.25) is 0 Å². The molecule has 0 aliphatic rings. The number of carbonyl (C=O) groups is 3. The molecule has 0 N–H and O–H groups in total. The van der Waals surface area contributed by atoms with E-state index in [9.17, 15) is 19.5 Å². The smallest absolute Gasteiger partial charge is 0.306 e. The highest BCUT2D eigenvalue weighted by molar-refractivity contribution is 5.70. The van der Waals surface area contributed by atoms with Crippen molar-refractivity contribution in [3.8, 4) is 0 Å². The topological polar surface area (TPSA) is 102 Å². The van der Waals surface area contributed by atoms with E-state index in [1.807, 2.05) is 0 Å². The first kappa shape index (κ1) is 61.3.